The zero-order valence-corrected chi connectivity index (χ0v) is 33.3. The molecule has 57 heavy (non-hydrogen) atoms. The van der Waals surface area contributed by atoms with Gasteiger partial charge in [-0.15, -0.1) is 0 Å². The average Bonchev–Trinajstić information content (AvgIpc) is 3.99. The van der Waals surface area contributed by atoms with Gasteiger partial charge in [0.1, 0.15) is 23.3 Å². The molecule has 2 fully saturated rings. The van der Waals surface area contributed by atoms with Crippen LogP contribution in [0.5, 0.6) is 5.88 Å². The number of carbonyl (C=O) groups excluding carboxylic acids is 4. The second-order valence-electron chi connectivity index (χ2n) is 15.7. The van der Waals surface area contributed by atoms with Crippen molar-refractivity contribution in [3.63, 3.8) is 0 Å². The van der Waals surface area contributed by atoms with Crippen LogP contribution in [0.25, 0.3) is 21.7 Å². The lowest BCUT2D eigenvalue weighted by Gasteiger charge is -2.36. The maximum Gasteiger partial charge on any atom is 0.272 e. The number of aryl methyl sites for hydroxylation is 1. The van der Waals surface area contributed by atoms with Gasteiger partial charge in [0.15, 0.2) is 0 Å². The number of hydrogen-bond acceptors (Lipinski definition) is 10. The highest BCUT2D eigenvalue weighted by Gasteiger charge is 2.48. The van der Waals surface area contributed by atoms with E-state index in [0.717, 1.165) is 34.5 Å². The first kappa shape index (κ1) is 39.8. The Hall–Kier alpha value is -5.44. The third kappa shape index (κ3) is 8.78. The van der Waals surface area contributed by atoms with Crippen LogP contribution in [0.3, 0.4) is 0 Å². The van der Waals surface area contributed by atoms with E-state index in [1.54, 1.807) is 13.8 Å². The van der Waals surface area contributed by atoms with Crippen LogP contribution in [-0.2, 0) is 24.4 Å². The molecule has 0 spiro atoms. The molecule has 300 valence electrons. The number of benzene rings is 2. The number of ether oxygens (including phenoxy) is 1. The Balaban J connectivity index is 1.20. The molecule has 4 amide bonds. The summed E-state index contributed by atoms with van der Waals surface area (Å²) in [5.74, 6) is -3.02. The Morgan fingerprint density at radius 2 is 1.70 bits per heavy atom. The highest BCUT2D eigenvalue weighted by Crippen LogP contribution is 2.33. The summed E-state index contributed by atoms with van der Waals surface area (Å²) < 4.78 is 34.6. The molecule has 3 aliphatic rings. The van der Waals surface area contributed by atoms with Gasteiger partial charge >= 0.3 is 0 Å². The number of fused-ring (bicyclic) bond motifs is 4. The molecule has 1 saturated carbocycles. The van der Waals surface area contributed by atoms with Gasteiger partial charge in [-0.2, -0.15) is 0 Å². The fraction of sp³-hybridized carbons (Fsp3) is 0.452. The van der Waals surface area contributed by atoms with Crippen molar-refractivity contribution < 1.29 is 32.3 Å². The fourth-order valence-electron chi connectivity index (χ4n) is 7.61. The molecule has 7 rings (SSSR count). The van der Waals surface area contributed by atoms with E-state index in [4.69, 9.17) is 9.72 Å². The Morgan fingerprint density at radius 3 is 2.44 bits per heavy atom. The Kier molecular flexibility index (Phi) is 11.6. The quantitative estimate of drug-likeness (QED) is 0.169. The summed E-state index contributed by atoms with van der Waals surface area (Å²) in [7, 11) is -3.93. The smallest absolute Gasteiger partial charge is 0.272 e. The normalized spacial score (nSPS) is 25.5. The van der Waals surface area contributed by atoms with Crippen molar-refractivity contribution in [3.05, 3.63) is 84.5 Å². The Bertz CT molecular complexity index is 2310. The minimum atomic E-state index is -3.93. The van der Waals surface area contributed by atoms with Crippen LogP contribution in [0.4, 0.5) is 0 Å². The molecule has 14 nitrogen and oxygen atoms in total. The number of nitrogens with zero attached hydrogens (tertiary/aromatic N) is 4. The minimum absolute atomic E-state index is 0.0587. The molecule has 0 bridgehead atoms. The summed E-state index contributed by atoms with van der Waals surface area (Å²) in [6, 6.07) is 13.6. The van der Waals surface area contributed by atoms with Crippen molar-refractivity contribution in [3.8, 4) is 5.88 Å². The molecule has 2 aliphatic heterocycles. The van der Waals surface area contributed by atoms with E-state index in [0.29, 0.717) is 43.7 Å². The van der Waals surface area contributed by atoms with Gasteiger partial charge in [-0.1, -0.05) is 68.3 Å². The lowest BCUT2D eigenvalue weighted by Crippen LogP contribution is -2.64. The highest BCUT2D eigenvalue weighted by atomic mass is 32.2. The summed E-state index contributed by atoms with van der Waals surface area (Å²) in [4.78, 5) is 71.2. The number of amides is 4. The van der Waals surface area contributed by atoms with Gasteiger partial charge in [0.25, 0.3) is 11.8 Å². The van der Waals surface area contributed by atoms with Gasteiger partial charge in [-0.3, -0.25) is 28.9 Å². The Morgan fingerprint density at radius 1 is 0.965 bits per heavy atom. The molecule has 4 aromatic rings. The summed E-state index contributed by atoms with van der Waals surface area (Å²) in [5.41, 5.74) is -0.230. The number of hydrogen-bond donors (Lipinski definition) is 3. The van der Waals surface area contributed by atoms with Gasteiger partial charge in [-0.05, 0) is 69.9 Å². The van der Waals surface area contributed by atoms with Crippen LogP contribution in [0.15, 0.2) is 73.1 Å². The standard InChI is InChI=1S/C42H49N7O7S/c1-26-13-7-5-4-6-8-18-34(45-37(50)35-23-43-27(2)22-44-35)40(52)49-24-28(21-36(49)38(51)47-42(26,3)41(53)48-57(54,55)29-19-20-29)25-56-39-32-16-10-9-14-30(32)31-15-11-12-17-33(31)46-39/h7,9-17,22-23,26,28-29,34,36H,4-6,8,18-21,24-25H2,1-3H3,(H,45,50)(H,47,51)(H,48,53)/b13-7-/t26?,28-,34+,36+,42-/m1/s1. The predicted octanol–water partition coefficient (Wildman–Crippen LogP) is 4.52. The summed E-state index contributed by atoms with van der Waals surface area (Å²) in [6.07, 6.45) is 10.8. The van der Waals surface area contributed by atoms with Crippen LogP contribution >= 0.6 is 0 Å². The first-order chi connectivity index (χ1) is 27.3. The molecule has 2 aromatic carbocycles. The number of allylic oxidation sites excluding steroid dienone is 1. The molecule has 5 atom stereocenters. The molecule has 3 N–H and O–H groups in total. The summed E-state index contributed by atoms with van der Waals surface area (Å²) in [5, 5.41) is 7.90. The first-order valence-corrected chi connectivity index (χ1v) is 21.2. The van der Waals surface area contributed by atoms with E-state index in [2.05, 4.69) is 25.3 Å². The number of sulfonamides is 1. The van der Waals surface area contributed by atoms with Crippen LogP contribution in [0.2, 0.25) is 0 Å². The van der Waals surface area contributed by atoms with Crippen LogP contribution < -0.4 is 20.1 Å². The molecule has 1 unspecified atom stereocenters. The number of carbonyl (C=O) groups is 4. The molecular formula is C42H49N7O7S. The zero-order chi connectivity index (χ0) is 40.3. The molecule has 4 heterocycles. The van der Waals surface area contributed by atoms with E-state index in [-0.39, 0.29) is 31.2 Å². The van der Waals surface area contributed by atoms with Crippen molar-refractivity contribution >= 4 is 55.3 Å². The first-order valence-electron chi connectivity index (χ1n) is 19.7. The number of rotatable bonds is 8. The highest BCUT2D eigenvalue weighted by molar-refractivity contribution is 7.91. The largest absolute Gasteiger partial charge is 0.477 e. The molecule has 1 aliphatic carbocycles. The van der Waals surface area contributed by atoms with Crippen molar-refractivity contribution in [2.75, 3.05) is 13.2 Å². The topological polar surface area (TPSA) is 190 Å². The van der Waals surface area contributed by atoms with Crippen molar-refractivity contribution in [1.29, 1.82) is 0 Å². The molecular weight excluding hydrogens is 747 g/mol. The lowest BCUT2D eigenvalue weighted by atomic mass is 9.85. The third-order valence-electron chi connectivity index (χ3n) is 11.4. The summed E-state index contributed by atoms with van der Waals surface area (Å²) in [6.45, 7) is 5.27. The van der Waals surface area contributed by atoms with Gasteiger partial charge < -0.3 is 20.3 Å². The molecule has 1 saturated heterocycles. The predicted molar refractivity (Wildman–Crippen MR) is 214 cm³/mol. The molecule has 15 heteroatoms. The molecule has 0 radical (unpaired) electrons. The van der Waals surface area contributed by atoms with Crippen LogP contribution in [-0.4, -0.2) is 87.9 Å². The Labute approximate surface area is 332 Å². The number of para-hydroxylation sites is 1. The minimum Gasteiger partial charge on any atom is -0.477 e. The van der Waals surface area contributed by atoms with Gasteiger partial charge in [0.2, 0.25) is 27.7 Å². The number of pyridine rings is 1. The zero-order valence-electron chi connectivity index (χ0n) is 32.4. The molecule has 2 aromatic heterocycles. The van der Waals surface area contributed by atoms with Crippen LogP contribution in [0.1, 0.15) is 81.4 Å². The maximum atomic E-state index is 14.7. The lowest BCUT2D eigenvalue weighted by molar-refractivity contribution is -0.142. The van der Waals surface area contributed by atoms with Crippen molar-refractivity contribution in [1.82, 2.24) is 35.2 Å². The van der Waals surface area contributed by atoms with E-state index >= 15 is 0 Å². The van der Waals surface area contributed by atoms with E-state index in [9.17, 15) is 27.6 Å². The third-order valence-corrected chi connectivity index (χ3v) is 13.2. The average molecular weight is 796 g/mol. The van der Waals surface area contributed by atoms with E-state index in [1.807, 2.05) is 60.7 Å². The second-order valence-corrected chi connectivity index (χ2v) is 17.7. The monoisotopic (exact) mass is 795 g/mol. The SMILES string of the molecule is Cc1cnc(C(=O)N[C@H]2CCCCC/C=C\C(C)[C@](C)(C(=O)NS(=O)(=O)C3CC3)NC(=O)[C@@H]3C[C@@H](COc4nc5ccccc5c5ccccc45)CN3C2=O)cn1. The van der Waals surface area contributed by atoms with E-state index in [1.165, 1.54) is 24.2 Å². The van der Waals surface area contributed by atoms with E-state index < -0.39 is 62.4 Å². The van der Waals surface area contributed by atoms with Crippen molar-refractivity contribution in [2.45, 2.75) is 95.0 Å². The number of nitrogens with one attached hydrogen (secondary N) is 3. The van der Waals surface area contributed by atoms with Gasteiger partial charge in [0.05, 0.1) is 29.3 Å². The van der Waals surface area contributed by atoms with Crippen LogP contribution in [0, 0.1) is 18.8 Å². The summed E-state index contributed by atoms with van der Waals surface area (Å²) >= 11 is 0. The fourth-order valence-corrected chi connectivity index (χ4v) is 9.00. The van der Waals surface area contributed by atoms with Crippen molar-refractivity contribution in [2.24, 2.45) is 11.8 Å². The second kappa shape index (κ2) is 16.6. The maximum absolute atomic E-state index is 14.7. The number of aromatic nitrogens is 3. The van der Waals surface area contributed by atoms with Gasteiger partial charge in [0, 0.05) is 35.3 Å². The van der Waals surface area contributed by atoms with Gasteiger partial charge in [-0.25, -0.2) is 18.4 Å².